The second kappa shape index (κ2) is 11.0. The van der Waals surface area contributed by atoms with Gasteiger partial charge in [-0.15, -0.1) is 0 Å². The first-order valence-corrected chi connectivity index (χ1v) is 13.5. The molecule has 4 heterocycles. The Bertz CT molecular complexity index is 1420. The Kier molecular flexibility index (Phi) is 6.86. The van der Waals surface area contributed by atoms with E-state index in [-0.39, 0.29) is 53.0 Å². The lowest BCUT2D eigenvalue weighted by Crippen LogP contribution is -2.05. The van der Waals surface area contributed by atoms with Crippen LogP contribution in [0.2, 0.25) is 0 Å². The third kappa shape index (κ3) is 6.15. The first-order chi connectivity index (χ1) is 20.5. The number of rotatable bonds is 12. The molecule has 0 radical (unpaired) electrons. The minimum Gasteiger partial charge on any atom is -0.507 e. The van der Waals surface area contributed by atoms with Gasteiger partial charge in [0.1, 0.15) is 72.6 Å². The van der Waals surface area contributed by atoms with E-state index in [2.05, 4.69) is 15.0 Å². The van der Waals surface area contributed by atoms with Crippen LogP contribution in [0.4, 0.5) is 0 Å². The van der Waals surface area contributed by atoms with Gasteiger partial charge in [-0.3, -0.25) is 0 Å². The zero-order chi connectivity index (χ0) is 28.6. The first kappa shape index (κ1) is 26.3. The highest BCUT2D eigenvalue weighted by Gasteiger charge is 2.25. The Morgan fingerprint density at radius 1 is 0.524 bits per heavy atom. The summed E-state index contributed by atoms with van der Waals surface area (Å²) in [5, 5.41) is 32.7. The van der Waals surface area contributed by atoms with E-state index in [4.69, 9.17) is 28.4 Å². The van der Waals surface area contributed by atoms with E-state index < -0.39 is 0 Å². The molecule has 0 aliphatic carbocycles. The second-order valence-electron chi connectivity index (χ2n) is 10.1. The van der Waals surface area contributed by atoms with Crippen LogP contribution in [0.15, 0.2) is 54.6 Å². The molecule has 216 valence electrons. The minimum atomic E-state index is -0.113. The normalized spacial score (nSPS) is 20.1. The monoisotopic (exact) mass is 573 g/mol. The zero-order valence-corrected chi connectivity index (χ0v) is 22.3. The van der Waals surface area contributed by atoms with Crippen LogP contribution in [-0.2, 0) is 14.2 Å². The summed E-state index contributed by atoms with van der Waals surface area (Å²) >= 11 is 0. The standard InChI is InChI=1S/C30H27N3O9/c34-25-7-16(37-10-19-13-40-19)1-4-22(25)28-31-29(23-5-2-17(8-26(23)35)38-11-20-14-41-20)33-30(32-28)24-6-3-18(9-27(24)36)39-12-21-15-42-21/h1-9,19-21,34-36H,10-15H2. The van der Waals surface area contributed by atoms with Crippen molar-refractivity contribution in [3.05, 3.63) is 54.6 Å². The molecule has 3 N–H and O–H groups in total. The molecule has 12 heteroatoms. The Morgan fingerprint density at radius 2 is 0.810 bits per heavy atom. The number of aromatic hydroxyl groups is 3. The maximum atomic E-state index is 10.9. The molecule has 0 saturated carbocycles. The Labute approximate surface area is 240 Å². The van der Waals surface area contributed by atoms with Gasteiger partial charge in [0, 0.05) is 18.2 Å². The zero-order valence-electron chi connectivity index (χ0n) is 22.3. The molecule has 7 rings (SSSR count). The van der Waals surface area contributed by atoms with Crippen molar-refractivity contribution in [1.82, 2.24) is 15.0 Å². The summed E-state index contributed by atoms with van der Waals surface area (Å²) in [6.45, 7) is 3.13. The van der Waals surface area contributed by atoms with E-state index in [0.29, 0.717) is 73.6 Å². The molecule has 42 heavy (non-hydrogen) atoms. The average molecular weight is 574 g/mol. The molecule has 3 fully saturated rings. The number of nitrogens with zero attached hydrogens (tertiary/aromatic N) is 3. The summed E-state index contributed by atoms with van der Waals surface area (Å²) in [6.07, 6.45) is 0.204. The highest BCUT2D eigenvalue weighted by atomic mass is 16.6. The van der Waals surface area contributed by atoms with Crippen molar-refractivity contribution < 1.29 is 43.7 Å². The van der Waals surface area contributed by atoms with Crippen molar-refractivity contribution in [2.45, 2.75) is 18.3 Å². The summed E-state index contributed by atoms with van der Waals surface area (Å²) in [6, 6.07) is 14.4. The van der Waals surface area contributed by atoms with Gasteiger partial charge in [0.05, 0.1) is 36.5 Å². The number of phenols is 3. The van der Waals surface area contributed by atoms with Crippen molar-refractivity contribution in [2.24, 2.45) is 0 Å². The third-order valence-electron chi connectivity index (χ3n) is 6.78. The predicted octanol–water partition coefficient (Wildman–Crippen LogP) is 3.32. The Balaban J connectivity index is 1.24. The van der Waals surface area contributed by atoms with Crippen LogP contribution in [0.5, 0.6) is 34.5 Å². The van der Waals surface area contributed by atoms with Crippen molar-refractivity contribution in [3.8, 4) is 68.7 Å². The van der Waals surface area contributed by atoms with Gasteiger partial charge in [-0.2, -0.15) is 0 Å². The number of hydrogen-bond acceptors (Lipinski definition) is 12. The van der Waals surface area contributed by atoms with E-state index in [9.17, 15) is 15.3 Å². The number of phenolic OH excluding ortho intramolecular Hbond substituents is 3. The number of epoxide rings is 3. The fourth-order valence-electron chi connectivity index (χ4n) is 4.17. The molecular weight excluding hydrogens is 546 g/mol. The lowest BCUT2D eigenvalue weighted by Gasteiger charge is -2.13. The van der Waals surface area contributed by atoms with Crippen LogP contribution in [0.3, 0.4) is 0 Å². The molecule has 0 bridgehead atoms. The van der Waals surface area contributed by atoms with Gasteiger partial charge in [0.15, 0.2) is 17.5 Å². The lowest BCUT2D eigenvalue weighted by atomic mass is 10.1. The molecule has 3 atom stereocenters. The van der Waals surface area contributed by atoms with Crippen molar-refractivity contribution >= 4 is 0 Å². The average Bonchev–Trinajstić information content (AvgIpc) is 3.84. The summed E-state index contributed by atoms with van der Waals surface area (Å²) in [7, 11) is 0. The number of aromatic nitrogens is 3. The Hall–Kier alpha value is -4.65. The van der Waals surface area contributed by atoms with Gasteiger partial charge >= 0.3 is 0 Å². The van der Waals surface area contributed by atoms with Crippen LogP contribution in [0, 0.1) is 0 Å². The molecule has 0 amide bonds. The van der Waals surface area contributed by atoms with E-state index in [1.54, 1.807) is 36.4 Å². The molecule has 0 spiro atoms. The molecule has 3 unspecified atom stereocenters. The lowest BCUT2D eigenvalue weighted by molar-refractivity contribution is 0.262. The van der Waals surface area contributed by atoms with Gasteiger partial charge in [-0.25, -0.2) is 15.0 Å². The fraction of sp³-hybridized carbons (Fsp3) is 0.300. The predicted molar refractivity (Wildman–Crippen MR) is 147 cm³/mol. The molecule has 3 aliphatic rings. The fourth-order valence-corrected chi connectivity index (χ4v) is 4.17. The van der Waals surface area contributed by atoms with Crippen LogP contribution in [0.25, 0.3) is 34.2 Å². The maximum absolute atomic E-state index is 10.9. The quantitative estimate of drug-likeness (QED) is 0.212. The van der Waals surface area contributed by atoms with Crippen LogP contribution < -0.4 is 14.2 Å². The Morgan fingerprint density at radius 3 is 1.05 bits per heavy atom. The van der Waals surface area contributed by atoms with E-state index in [0.717, 1.165) is 0 Å². The second-order valence-corrected chi connectivity index (χ2v) is 10.1. The van der Waals surface area contributed by atoms with Gasteiger partial charge in [-0.1, -0.05) is 0 Å². The van der Waals surface area contributed by atoms with Gasteiger partial charge in [0.2, 0.25) is 0 Å². The van der Waals surface area contributed by atoms with Gasteiger partial charge < -0.3 is 43.7 Å². The minimum absolute atomic E-state index is 0.0680. The molecule has 4 aromatic rings. The van der Waals surface area contributed by atoms with E-state index >= 15 is 0 Å². The highest BCUT2D eigenvalue weighted by Crippen LogP contribution is 2.38. The largest absolute Gasteiger partial charge is 0.507 e. The topological polar surface area (TPSA) is 165 Å². The summed E-state index contributed by atoms with van der Waals surface area (Å²) in [5.74, 6) is 1.44. The summed E-state index contributed by atoms with van der Waals surface area (Å²) in [5.41, 5.74) is 0.924. The van der Waals surface area contributed by atoms with Crippen molar-refractivity contribution in [3.63, 3.8) is 0 Å². The maximum Gasteiger partial charge on any atom is 0.167 e. The smallest absolute Gasteiger partial charge is 0.167 e. The van der Waals surface area contributed by atoms with Crippen LogP contribution >= 0.6 is 0 Å². The number of benzene rings is 3. The molecule has 3 saturated heterocycles. The SMILES string of the molecule is Oc1cc(OCC2CO2)ccc1-c1nc(-c2ccc(OCC3CO3)cc2O)nc(-c2ccc(OCC3CO3)cc2O)n1. The molecular formula is C30H27N3O9. The number of hydrogen-bond donors (Lipinski definition) is 3. The van der Waals surface area contributed by atoms with Crippen LogP contribution in [-0.4, -0.2) is 88.2 Å². The number of ether oxygens (including phenoxy) is 6. The molecule has 12 nitrogen and oxygen atoms in total. The first-order valence-electron chi connectivity index (χ1n) is 13.5. The third-order valence-corrected chi connectivity index (χ3v) is 6.78. The summed E-state index contributed by atoms with van der Waals surface area (Å²) < 4.78 is 32.5. The van der Waals surface area contributed by atoms with Gasteiger partial charge in [0.25, 0.3) is 0 Å². The van der Waals surface area contributed by atoms with Crippen molar-refractivity contribution in [2.75, 3.05) is 39.6 Å². The summed E-state index contributed by atoms with van der Waals surface area (Å²) in [4.78, 5) is 13.7. The molecule has 3 aromatic carbocycles. The van der Waals surface area contributed by atoms with E-state index in [1.807, 2.05) is 0 Å². The van der Waals surface area contributed by atoms with Crippen molar-refractivity contribution in [1.29, 1.82) is 0 Å². The van der Waals surface area contributed by atoms with Gasteiger partial charge in [-0.05, 0) is 36.4 Å². The van der Waals surface area contributed by atoms with Crippen LogP contribution in [0.1, 0.15) is 0 Å². The molecule has 1 aromatic heterocycles. The highest BCUT2D eigenvalue weighted by molar-refractivity contribution is 5.74. The van der Waals surface area contributed by atoms with E-state index in [1.165, 1.54) is 18.2 Å². The molecule has 3 aliphatic heterocycles.